The number of rotatable bonds is 6. The largest absolute Gasteiger partial charge is 0.462 e. The standard InChI is InChI=1S/C23H28N2O5S/c1-3-28-22(27)20-18(17-6-4-16(2)5-7-17)15-31-21(20)24-19(26)14-25-10-8-23(9-11-25)29-12-13-30-23/h4-7,15H,3,8-14H2,1-2H3,(H,24,26). The monoisotopic (exact) mass is 444 g/mol. The Balaban J connectivity index is 1.45. The van der Waals surface area contributed by atoms with Gasteiger partial charge < -0.3 is 19.5 Å². The van der Waals surface area contributed by atoms with Gasteiger partial charge >= 0.3 is 5.97 Å². The number of anilines is 1. The zero-order valence-electron chi connectivity index (χ0n) is 17.9. The van der Waals surface area contributed by atoms with Crippen molar-refractivity contribution in [2.75, 3.05) is 44.8 Å². The van der Waals surface area contributed by atoms with Gasteiger partial charge in [0.15, 0.2) is 5.79 Å². The second-order valence-electron chi connectivity index (χ2n) is 7.87. The van der Waals surface area contributed by atoms with E-state index in [-0.39, 0.29) is 19.1 Å². The Bertz CT molecular complexity index is 924. The first-order valence-corrected chi connectivity index (χ1v) is 11.5. The van der Waals surface area contributed by atoms with E-state index >= 15 is 0 Å². The lowest BCUT2D eigenvalue weighted by Gasteiger charge is -2.37. The Kier molecular flexibility index (Phi) is 6.71. The SMILES string of the molecule is CCOC(=O)c1c(-c2ccc(C)cc2)csc1NC(=O)CN1CCC2(CC1)OCCO2. The normalized spacial score (nSPS) is 18.3. The van der Waals surface area contributed by atoms with Crippen molar-refractivity contribution in [3.8, 4) is 11.1 Å². The molecule has 7 nitrogen and oxygen atoms in total. The molecule has 3 heterocycles. The summed E-state index contributed by atoms with van der Waals surface area (Å²) in [5.41, 5.74) is 3.24. The molecule has 166 valence electrons. The lowest BCUT2D eigenvalue weighted by atomic mass is 10.0. The fraction of sp³-hybridized carbons (Fsp3) is 0.478. The summed E-state index contributed by atoms with van der Waals surface area (Å²) in [6.07, 6.45) is 1.51. The van der Waals surface area contributed by atoms with Gasteiger partial charge in [-0.1, -0.05) is 29.8 Å². The first kappa shape index (κ1) is 22.0. The van der Waals surface area contributed by atoms with Gasteiger partial charge in [-0.3, -0.25) is 9.69 Å². The quantitative estimate of drug-likeness (QED) is 0.685. The highest BCUT2D eigenvalue weighted by Crippen LogP contribution is 2.36. The maximum atomic E-state index is 12.8. The molecular weight excluding hydrogens is 416 g/mol. The molecule has 2 fully saturated rings. The minimum atomic E-state index is -0.458. The molecule has 1 spiro atoms. The number of esters is 1. The van der Waals surface area contributed by atoms with E-state index in [1.807, 2.05) is 36.6 Å². The first-order valence-electron chi connectivity index (χ1n) is 10.7. The third kappa shape index (κ3) is 4.98. The van der Waals surface area contributed by atoms with Crippen LogP contribution in [0.5, 0.6) is 0 Å². The minimum absolute atomic E-state index is 0.146. The van der Waals surface area contributed by atoms with E-state index in [4.69, 9.17) is 14.2 Å². The number of hydrogen-bond acceptors (Lipinski definition) is 7. The van der Waals surface area contributed by atoms with Crippen LogP contribution in [0.2, 0.25) is 0 Å². The molecule has 2 aliphatic heterocycles. The molecule has 2 saturated heterocycles. The summed E-state index contributed by atoms with van der Waals surface area (Å²) >= 11 is 1.34. The van der Waals surface area contributed by atoms with Gasteiger partial charge in [0, 0.05) is 36.9 Å². The maximum absolute atomic E-state index is 12.8. The highest BCUT2D eigenvalue weighted by molar-refractivity contribution is 7.15. The topological polar surface area (TPSA) is 77.1 Å². The number of carbonyl (C=O) groups excluding carboxylic acids is 2. The predicted molar refractivity (Wildman–Crippen MR) is 119 cm³/mol. The third-order valence-electron chi connectivity index (χ3n) is 5.68. The summed E-state index contributed by atoms with van der Waals surface area (Å²) in [4.78, 5) is 27.5. The van der Waals surface area contributed by atoms with Gasteiger partial charge in [-0.25, -0.2) is 4.79 Å². The maximum Gasteiger partial charge on any atom is 0.341 e. The summed E-state index contributed by atoms with van der Waals surface area (Å²) in [5, 5.41) is 5.35. The molecule has 0 unspecified atom stereocenters. The van der Waals surface area contributed by atoms with Crippen LogP contribution in [0.15, 0.2) is 29.6 Å². The molecule has 4 rings (SSSR count). The van der Waals surface area contributed by atoms with E-state index in [1.165, 1.54) is 11.3 Å². The molecule has 31 heavy (non-hydrogen) atoms. The van der Waals surface area contributed by atoms with Crippen molar-refractivity contribution in [2.45, 2.75) is 32.5 Å². The number of nitrogens with one attached hydrogen (secondary N) is 1. The number of piperidine rings is 1. The summed E-state index contributed by atoms with van der Waals surface area (Å²) in [7, 11) is 0. The van der Waals surface area contributed by atoms with Crippen molar-refractivity contribution in [1.82, 2.24) is 4.90 Å². The van der Waals surface area contributed by atoms with Gasteiger partial charge in [-0.05, 0) is 19.4 Å². The van der Waals surface area contributed by atoms with E-state index in [2.05, 4.69) is 10.2 Å². The summed E-state index contributed by atoms with van der Waals surface area (Å²) in [5.74, 6) is -1.03. The van der Waals surface area contributed by atoms with Gasteiger partial charge in [0.2, 0.25) is 5.91 Å². The minimum Gasteiger partial charge on any atom is -0.462 e. The lowest BCUT2D eigenvalue weighted by molar-refractivity contribution is -0.185. The van der Waals surface area contributed by atoms with Crippen LogP contribution < -0.4 is 5.32 Å². The fourth-order valence-corrected chi connectivity index (χ4v) is 4.98. The van der Waals surface area contributed by atoms with Crippen molar-refractivity contribution in [2.24, 2.45) is 0 Å². The number of amides is 1. The highest BCUT2D eigenvalue weighted by Gasteiger charge is 2.40. The average molecular weight is 445 g/mol. The van der Waals surface area contributed by atoms with Gasteiger partial charge in [0.1, 0.15) is 10.6 Å². The van der Waals surface area contributed by atoms with Gasteiger partial charge in [-0.15, -0.1) is 11.3 Å². The molecule has 2 aromatic rings. The molecule has 1 amide bonds. The van der Waals surface area contributed by atoms with Gasteiger partial charge in [0.05, 0.1) is 26.4 Å². The summed E-state index contributed by atoms with van der Waals surface area (Å²) in [6.45, 7) is 7.06. The molecule has 1 aromatic heterocycles. The highest BCUT2D eigenvalue weighted by atomic mass is 32.1. The molecule has 0 radical (unpaired) electrons. The van der Waals surface area contributed by atoms with Crippen LogP contribution in [0.25, 0.3) is 11.1 Å². The van der Waals surface area contributed by atoms with Crippen LogP contribution in [0.4, 0.5) is 5.00 Å². The van der Waals surface area contributed by atoms with Crippen LogP contribution in [0.3, 0.4) is 0 Å². The number of hydrogen-bond donors (Lipinski definition) is 1. The zero-order valence-corrected chi connectivity index (χ0v) is 18.8. The molecular formula is C23H28N2O5S. The van der Waals surface area contributed by atoms with Crippen LogP contribution in [-0.4, -0.2) is 62.0 Å². The molecule has 1 aromatic carbocycles. The van der Waals surface area contributed by atoms with Crippen molar-refractivity contribution in [3.05, 3.63) is 40.8 Å². The van der Waals surface area contributed by atoms with E-state index < -0.39 is 11.8 Å². The number of aryl methyl sites for hydroxylation is 1. The lowest BCUT2D eigenvalue weighted by Crippen LogP contribution is -2.47. The number of thiophene rings is 1. The van der Waals surface area contributed by atoms with E-state index in [0.29, 0.717) is 23.8 Å². The number of benzene rings is 1. The van der Waals surface area contributed by atoms with Gasteiger partial charge in [-0.2, -0.15) is 0 Å². The van der Waals surface area contributed by atoms with Crippen molar-refractivity contribution in [3.63, 3.8) is 0 Å². The zero-order chi connectivity index (χ0) is 21.8. The Morgan fingerprint density at radius 3 is 2.48 bits per heavy atom. The number of nitrogens with zero attached hydrogens (tertiary/aromatic N) is 1. The molecule has 8 heteroatoms. The predicted octanol–water partition coefficient (Wildman–Crippen LogP) is 3.68. The van der Waals surface area contributed by atoms with Gasteiger partial charge in [0.25, 0.3) is 0 Å². The second-order valence-corrected chi connectivity index (χ2v) is 8.75. The molecule has 0 saturated carbocycles. The Labute approximate surface area is 186 Å². The Hall–Kier alpha value is -2.26. The molecule has 1 N–H and O–H groups in total. The first-order chi connectivity index (χ1) is 15.0. The van der Waals surface area contributed by atoms with Crippen LogP contribution in [-0.2, 0) is 19.0 Å². The van der Waals surface area contributed by atoms with E-state index in [0.717, 1.165) is 42.6 Å². The van der Waals surface area contributed by atoms with E-state index in [9.17, 15) is 9.59 Å². The van der Waals surface area contributed by atoms with Crippen molar-refractivity contribution < 1.29 is 23.8 Å². The number of likely N-dealkylation sites (tertiary alicyclic amines) is 1. The second kappa shape index (κ2) is 9.48. The fourth-order valence-electron chi connectivity index (χ4n) is 4.01. The smallest absolute Gasteiger partial charge is 0.341 e. The van der Waals surface area contributed by atoms with Crippen LogP contribution in [0.1, 0.15) is 35.7 Å². The summed E-state index contributed by atoms with van der Waals surface area (Å²) < 4.78 is 16.8. The molecule has 0 bridgehead atoms. The van der Waals surface area contributed by atoms with Crippen molar-refractivity contribution >= 4 is 28.2 Å². The summed E-state index contributed by atoms with van der Waals surface area (Å²) in [6, 6.07) is 7.95. The number of carbonyl (C=O) groups is 2. The van der Waals surface area contributed by atoms with Crippen LogP contribution >= 0.6 is 11.3 Å². The Morgan fingerprint density at radius 2 is 1.84 bits per heavy atom. The third-order valence-corrected chi connectivity index (χ3v) is 6.58. The molecule has 0 atom stereocenters. The molecule has 0 aliphatic carbocycles. The molecule has 2 aliphatic rings. The average Bonchev–Trinajstić information content (AvgIpc) is 3.38. The van der Waals surface area contributed by atoms with Crippen LogP contribution in [0, 0.1) is 6.92 Å². The van der Waals surface area contributed by atoms with E-state index in [1.54, 1.807) is 6.92 Å². The Morgan fingerprint density at radius 1 is 1.16 bits per heavy atom. The van der Waals surface area contributed by atoms with Crippen molar-refractivity contribution in [1.29, 1.82) is 0 Å². The number of ether oxygens (including phenoxy) is 3.